The Morgan fingerprint density at radius 3 is 2.41 bits per heavy atom. The van der Waals surface area contributed by atoms with Gasteiger partial charge in [-0.1, -0.05) is 46.3 Å². The highest BCUT2D eigenvalue weighted by molar-refractivity contribution is 9.10. The van der Waals surface area contributed by atoms with E-state index in [-0.39, 0.29) is 0 Å². The number of hydrogen-bond acceptors (Lipinski definition) is 4. The minimum absolute atomic E-state index is 0.616. The van der Waals surface area contributed by atoms with E-state index in [1.807, 2.05) is 42.5 Å². The van der Waals surface area contributed by atoms with E-state index in [0.717, 1.165) is 37.7 Å². The molecule has 0 radical (unpaired) electrons. The smallest absolute Gasteiger partial charge is 0.121 e. The van der Waals surface area contributed by atoms with E-state index in [1.165, 1.54) is 11.1 Å². The van der Waals surface area contributed by atoms with Crippen LogP contribution < -0.4 is 9.47 Å². The highest BCUT2D eigenvalue weighted by atomic mass is 79.9. The van der Waals surface area contributed by atoms with Crippen LogP contribution in [0.2, 0.25) is 0 Å². The molecule has 1 aromatic heterocycles. The molecule has 0 spiro atoms. The quantitative estimate of drug-likeness (QED) is 0.220. The maximum atomic E-state index is 5.83. The highest BCUT2D eigenvalue weighted by Gasteiger charge is 2.10. The van der Waals surface area contributed by atoms with Crippen LogP contribution in [0.3, 0.4) is 0 Å². The van der Waals surface area contributed by atoms with Gasteiger partial charge in [-0.25, -0.2) is 4.98 Å². The predicted molar refractivity (Wildman–Crippen MR) is 124 cm³/mol. The first kappa shape index (κ1) is 19.8. The van der Waals surface area contributed by atoms with Crippen LogP contribution in [0, 0.1) is 0 Å². The van der Waals surface area contributed by atoms with Crippen molar-refractivity contribution < 1.29 is 9.47 Å². The van der Waals surface area contributed by atoms with Crippen molar-refractivity contribution in [1.82, 2.24) is 4.98 Å². The summed E-state index contributed by atoms with van der Waals surface area (Å²) in [7, 11) is 1.68. The summed E-state index contributed by atoms with van der Waals surface area (Å²) in [5, 5.41) is 2.09. The first-order valence-electron chi connectivity index (χ1n) is 9.28. The molecule has 0 aliphatic carbocycles. The molecule has 0 aliphatic heterocycles. The highest BCUT2D eigenvalue weighted by Crippen LogP contribution is 2.33. The number of pyridine rings is 1. The summed E-state index contributed by atoms with van der Waals surface area (Å²) in [6, 6.07) is 26.5. The van der Waals surface area contributed by atoms with Crippen LogP contribution in [0.5, 0.6) is 11.5 Å². The fourth-order valence-corrected chi connectivity index (χ4v) is 4.08. The van der Waals surface area contributed by atoms with E-state index >= 15 is 0 Å². The van der Waals surface area contributed by atoms with Gasteiger partial charge in [0.05, 0.1) is 24.3 Å². The Morgan fingerprint density at radius 2 is 1.66 bits per heavy atom. The number of rotatable bonds is 7. The third kappa shape index (κ3) is 4.92. The van der Waals surface area contributed by atoms with Gasteiger partial charge < -0.3 is 9.47 Å². The van der Waals surface area contributed by atoms with Gasteiger partial charge in [0, 0.05) is 21.7 Å². The Bertz CT molecular complexity index is 1100. The molecule has 0 bridgehead atoms. The zero-order valence-electron chi connectivity index (χ0n) is 16.0. The summed E-state index contributed by atoms with van der Waals surface area (Å²) in [6.45, 7) is 0.616. The first-order chi connectivity index (χ1) is 14.2. The summed E-state index contributed by atoms with van der Waals surface area (Å²) in [4.78, 5) is 4.85. The van der Waals surface area contributed by atoms with E-state index in [2.05, 4.69) is 52.3 Å². The maximum Gasteiger partial charge on any atom is 0.121 e. The van der Waals surface area contributed by atoms with Crippen molar-refractivity contribution in [3.05, 3.63) is 83.3 Å². The number of thioether (sulfide) groups is 1. The number of fused-ring (bicyclic) bond motifs is 1. The van der Waals surface area contributed by atoms with Crippen LogP contribution in [0.1, 0.15) is 0 Å². The fourth-order valence-electron chi connectivity index (χ4n) is 3.08. The van der Waals surface area contributed by atoms with Gasteiger partial charge in [0.2, 0.25) is 0 Å². The zero-order chi connectivity index (χ0) is 20.1. The predicted octanol–water partition coefficient (Wildman–Crippen LogP) is 6.84. The van der Waals surface area contributed by atoms with Crippen LogP contribution in [-0.2, 0) is 0 Å². The topological polar surface area (TPSA) is 31.4 Å². The molecule has 0 N–H and O–H groups in total. The number of benzene rings is 3. The molecule has 4 aromatic rings. The van der Waals surface area contributed by atoms with Crippen LogP contribution in [-0.4, -0.2) is 24.5 Å². The van der Waals surface area contributed by atoms with Crippen LogP contribution >= 0.6 is 27.7 Å². The summed E-state index contributed by atoms with van der Waals surface area (Å²) in [5.74, 6) is 2.49. The number of nitrogens with zero attached hydrogens (tertiary/aromatic N) is 1. The molecule has 0 atom stereocenters. The van der Waals surface area contributed by atoms with Crippen molar-refractivity contribution in [2.75, 3.05) is 19.5 Å². The molecule has 4 rings (SSSR count). The largest absolute Gasteiger partial charge is 0.497 e. The second-order valence-electron chi connectivity index (χ2n) is 6.41. The molecule has 1 heterocycles. The third-order valence-electron chi connectivity index (χ3n) is 4.49. The van der Waals surface area contributed by atoms with Gasteiger partial charge in [-0.2, -0.15) is 0 Å². The van der Waals surface area contributed by atoms with Gasteiger partial charge in [-0.05, 0) is 53.6 Å². The van der Waals surface area contributed by atoms with Gasteiger partial charge in [0.1, 0.15) is 11.5 Å². The molecule has 3 aromatic carbocycles. The van der Waals surface area contributed by atoms with Crippen molar-refractivity contribution in [1.29, 1.82) is 0 Å². The molecule has 146 valence electrons. The standard InChI is InChI=1S/C24H20BrNO2S/c1-27-20-11-12-21-22(17-5-3-2-4-6-17)16-24(26-23(21)15-20)29-14-13-28-19-9-7-18(25)8-10-19/h2-12,15-16H,13-14H2,1H3. The van der Waals surface area contributed by atoms with E-state index in [1.54, 1.807) is 18.9 Å². The van der Waals surface area contributed by atoms with E-state index in [0.29, 0.717) is 6.61 Å². The zero-order valence-corrected chi connectivity index (χ0v) is 18.4. The summed E-state index contributed by atoms with van der Waals surface area (Å²) < 4.78 is 12.3. The molecule has 3 nitrogen and oxygen atoms in total. The molecule has 0 aliphatic rings. The molecular formula is C24H20BrNO2S. The Hall–Kier alpha value is -2.50. The molecule has 0 amide bonds. The van der Waals surface area contributed by atoms with Crippen molar-refractivity contribution in [3.8, 4) is 22.6 Å². The average molecular weight is 466 g/mol. The van der Waals surface area contributed by atoms with Crippen LogP contribution in [0.25, 0.3) is 22.0 Å². The Kier molecular flexibility index (Phi) is 6.37. The summed E-state index contributed by atoms with van der Waals surface area (Å²) in [6.07, 6.45) is 0. The van der Waals surface area contributed by atoms with Gasteiger partial charge in [-0.15, -0.1) is 11.8 Å². The average Bonchev–Trinajstić information content (AvgIpc) is 2.77. The molecule has 0 unspecified atom stereocenters. The van der Waals surface area contributed by atoms with E-state index < -0.39 is 0 Å². The Labute approximate surface area is 183 Å². The van der Waals surface area contributed by atoms with Gasteiger partial charge in [-0.3, -0.25) is 0 Å². The lowest BCUT2D eigenvalue weighted by atomic mass is 10.0. The molecule has 0 fully saturated rings. The van der Waals surface area contributed by atoms with Crippen molar-refractivity contribution >= 4 is 38.6 Å². The molecule has 0 saturated carbocycles. The lowest BCUT2D eigenvalue weighted by Gasteiger charge is -2.11. The second kappa shape index (κ2) is 9.33. The minimum atomic E-state index is 0.616. The van der Waals surface area contributed by atoms with Crippen molar-refractivity contribution in [2.24, 2.45) is 0 Å². The number of halogens is 1. The number of aromatic nitrogens is 1. The summed E-state index contributed by atoms with van der Waals surface area (Å²) in [5.41, 5.74) is 3.29. The molecule has 0 saturated heterocycles. The Morgan fingerprint density at radius 1 is 0.897 bits per heavy atom. The van der Waals surface area contributed by atoms with Crippen LogP contribution in [0.4, 0.5) is 0 Å². The number of hydrogen-bond donors (Lipinski definition) is 0. The summed E-state index contributed by atoms with van der Waals surface area (Å²) >= 11 is 5.13. The SMILES string of the molecule is COc1ccc2c(-c3ccccc3)cc(SCCOc3ccc(Br)cc3)nc2c1. The van der Waals surface area contributed by atoms with E-state index in [9.17, 15) is 0 Å². The van der Waals surface area contributed by atoms with E-state index in [4.69, 9.17) is 14.5 Å². The first-order valence-corrected chi connectivity index (χ1v) is 11.1. The lowest BCUT2D eigenvalue weighted by Crippen LogP contribution is -2.00. The second-order valence-corrected chi connectivity index (χ2v) is 8.44. The van der Waals surface area contributed by atoms with Crippen molar-refractivity contribution in [3.63, 3.8) is 0 Å². The molecular weight excluding hydrogens is 446 g/mol. The minimum Gasteiger partial charge on any atom is -0.497 e. The monoisotopic (exact) mass is 465 g/mol. The van der Waals surface area contributed by atoms with Gasteiger partial charge >= 0.3 is 0 Å². The maximum absolute atomic E-state index is 5.83. The van der Waals surface area contributed by atoms with Crippen molar-refractivity contribution in [2.45, 2.75) is 5.03 Å². The normalized spacial score (nSPS) is 10.8. The fraction of sp³-hybridized carbons (Fsp3) is 0.125. The van der Waals surface area contributed by atoms with Gasteiger partial charge in [0.25, 0.3) is 0 Å². The third-order valence-corrected chi connectivity index (χ3v) is 5.90. The molecule has 29 heavy (non-hydrogen) atoms. The molecule has 5 heteroatoms. The number of ether oxygens (including phenoxy) is 2. The lowest BCUT2D eigenvalue weighted by molar-refractivity contribution is 0.344. The Balaban J connectivity index is 1.56. The van der Waals surface area contributed by atoms with Crippen LogP contribution in [0.15, 0.2) is 88.4 Å². The number of methoxy groups -OCH3 is 1. The van der Waals surface area contributed by atoms with Gasteiger partial charge in [0.15, 0.2) is 0 Å².